The molecule has 8 heteroatoms. The van der Waals surface area contributed by atoms with Crippen molar-refractivity contribution < 1.29 is 14.0 Å². The number of hydrogen-bond donors (Lipinski definition) is 2. The molecule has 0 aliphatic carbocycles. The Hall–Kier alpha value is -2.31. The highest BCUT2D eigenvalue weighted by molar-refractivity contribution is 6.42. The van der Waals surface area contributed by atoms with Gasteiger partial charge >= 0.3 is 11.8 Å². The number of hydrazone groups is 1. The van der Waals surface area contributed by atoms with E-state index in [0.29, 0.717) is 16.5 Å². The molecule has 0 fully saturated rings. The molecular formula is C14H11Cl2N3O3. The second kappa shape index (κ2) is 7.11. The summed E-state index contributed by atoms with van der Waals surface area (Å²) in [4.78, 5) is 23.4. The molecule has 0 bridgehead atoms. The van der Waals surface area contributed by atoms with Crippen LogP contribution in [0.3, 0.4) is 0 Å². The minimum atomic E-state index is -0.943. The van der Waals surface area contributed by atoms with Gasteiger partial charge in [-0.2, -0.15) is 5.10 Å². The van der Waals surface area contributed by atoms with E-state index in [1.807, 2.05) is 0 Å². The molecule has 0 saturated heterocycles. The third-order valence-electron chi connectivity index (χ3n) is 2.59. The van der Waals surface area contributed by atoms with E-state index in [1.165, 1.54) is 18.4 Å². The largest absolute Gasteiger partial charge is 0.463 e. The van der Waals surface area contributed by atoms with E-state index < -0.39 is 11.8 Å². The van der Waals surface area contributed by atoms with Gasteiger partial charge in [0.2, 0.25) is 0 Å². The van der Waals surface area contributed by atoms with E-state index in [0.717, 1.165) is 0 Å². The second-order valence-electron chi connectivity index (χ2n) is 4.19. The third kappa shape index (κ3) is 4.09. The molecule has 0 saturated carbocycles. The van der Waals surface area contributed by atoms with Crippen LogP contribution >= 0.6 is 23.2 Å². The lowest BCUT2D eigenvalue weighted by Gasteiger charge is -2.06. The minimum absolute atomic E-state index is 0.237. The molecule has 0 aliphatic rings. The first-order valence-corrected chi connectivity index (χ1v) is 6.87. The molecule has 0 unspecified atom stereocenters. The quantitative estimate of drug-likeness (QED) is 0.512. The molecule has 0 aliphatic heterocycles. The summed E-state index contributed by atoms with van der Waals surface area (Å²) in [6, 6.07) is 7.88. The van der Waals surface area contributed by atoms with Gasteiger partial charge in [0.1, 0.15) is 11.5 Å². The van der Waals surface area contributed by atoms with E-state index in [2.05, 4.69) is 15.8 Å². The molecular weight excluding hydrogens is 329 g/mol. The summed E-state index contributed by atoms with van der Waals surface area (Å²) in [6.07, 6.45) is 1.48. The maximum Gasteiger partial charge on any atom is 0.329 e. The van der Waals surface area contributed by atoms with Crippen LogP contribution in [0.1, 0.15) is 12.7 Å². The van der Waals surface area contributed by atoms with Crippen molar-refractivity contribution in [1.29, 1.82) is 0 Å². The van der Waals surface area contributed by atoms with Gasteiger partial charge in [-0.25, -0.2) is 5.43 Å². The molecule has 1 aromatic heterocycles. The Morgan fingerprint density at radius 3 is 2.64 bits per heavy atom. The van der Waals surface area contributed by atoms with Crippen molar-refractivity contribution in [3.05, 3.63) is 52.4 Å². The fourth-order valence-corrected chi connectivity index (χ4v) is 1.83. The number of furan rings is 1. The van der Waals surface area contributed by atoms with E-state index in [-0.39, 0.29) is 10.7 Å². The Labute approximate surface area is 136 Å². The third-order valence-corrected chi connectivity index (χ3v) is 3.15. The van der Waals surface area contributed by atoms with Crippen molar-refractivity contribution >= 4 is 46.4 Å². The lowest BCUT2D eigenvalue weighted by Crippen LogP contribution is -2.33. The normalized spacial score (nSPS) is 11.1. The van der Waals surface area contributed by atoms with Gasteiger partial charge in [-0.1, -0.05) is 23.2 Å². The van der Waals surface area contributed by atoms with Crippen LogP contribution in [0.5, 0.6) is 0 Å². The van der Waals surface area contributed by atoms with Crippen LogP contribution in [-0.2, 0) is 9.59 Å². The van der Waals surface area contributed by atoms with Gasteiger partial charge in [0.25, 0.3) is 0 Å². The van der Waals surface area contributed by atoms with Gasteiger partial charge in [-0.3, -0.25) is 9.59 Å². The number of hydrogen-bond acceptors (Lipinski definition) is 4. The second-order valence-corrected chi connectivity index (χ2v) is 5.04. The lowest BCUT2D eigenvalue weighted by atomic mass is 10.3. The van der Waals surface area contributed by atoms with Gasteiger partial charge < -0.3 is 9.73 Å². The highest BCUT2D eigenvalue weighted by Gasteiger charge is 2.15. The van der Waals surface area contributed by atoms with Crippen molar-refractivity contribution in [2.75, 3.05) is 5.32 Å². The molecule has 6 nitrogen and oxygen atoms in total. The highest BCUT2D eigenvalue weighted by Crippen LogP contribution is 2.25. The Morgan fingerprint density at radius 2 is 1.95 bits per heavy atom. The maximum absolute atomic E-state index is 11.8. The molecule has 1 heterocycles. The van der Waals surface area contributed by atoms with E-state index in [1.54, 1.807) is 25.1 Å². The fraction of sp³-hybridized carbons (Fsp3) is 0.0714. The van der Waals surface area contributed by atoms with Crippen LogP contribution in [0.25, 0.3) is 0 Å². The van der Waals surface area contributed by atoms with E-state index in [4.69, 9.17) is 27.6 Å². The SMILES string of the molecule is CC(=NNC(=O)C(=O)Nc1cc(Cl)ccc1Cl)c1ccco1. The molecule has 0 spiro atoms. The number of amides is 2. The molecule has 2 amide bonds. The number of rotatable bonds is 3. The molecule has 22 heavy (non-hydrogen) atoms. The Bertz CT molecular complexity index is 727. The summed E-state index contributed by atoms with van der Waals surface area (Å²) in [5, 5.41) is 6.77. The van der Waals surface area contributed by atoms with Gasteiger partial charge in [-0.15, -0.1) is 0 Å². The van der Waals surface area contributed by atoms with Gasteiger partial charge in [-0.05, 0) is 37.3 Å². The van der Waals surface area contributed by atoms with Gasteiger partial charge in [0.05, 0.1) is 17.0 Å². The molecule has 0 atom stereocenters. The maximum atomic E-state index is 11.8. The monoisotopic (exact) mass is 339 g/mol. The highest BCUT2D eigenvalue weighted by atomic mass is 35.5. The zero-order valence-corrected chi connectivity index (χ0v) is 12.9. The number of nitrogens with one attached hydrogen (secondary N) is 2. The van der Waals surface area contributed by atoms with Gasteiger partial charge in [0, 0.05) is 5.02 Å². The molecule has 0 radical (unpaired) electrons. The summed E-state index contributed by atoms with van der Waals surface area (Å²) in [5.41, 5.74) is 2.79. The van der Waals surface area contributed by atoms with Crippen molar-refractivity contribution in [1.82, 2.24) is 5.43 Å². The van der Waals surface area contributed by atoms with Crippen molar-refractivity contribution in [2.45, 2.75) is 6.92 Å². The number of benzene rings is 1. The smallest absolute Gasteiger partial charge is 0.329 e. The van der Waals surface area contributed by atoms with Crippen LogP contribution in [0, 0.1) is 0 Å². The first-order valence-electron chi connectivity index (χ1n) is 6.12. The van der Waals surface area contributed by atoms with Crippen LogP contribution in [0.4, 0.5) is 5.69 Å². The Balaban J connectivity index is 1.99. The Kier molecular flexibility index (Phi) is 5.19. The van der Waals surface area contributed by atoms with E-state index >= 15 is 0 Å². The van der Waals surface area contributed by atoms with Gasteiger partial charge in [0.15, 0.2) is 0 Å². The van der Waals surface area contributed by atoms with Crippen molar-refractivity contribution in [2.24, 2.45) is 5.10 Å². The average molecular weight is 340 g/mol. The first kappa shape index (κ1) is 16.1. The summed E-state index contributed by atoms with van der Waals surface area (Å²) < 4.78 is 5.10. The minimum Gasteiger partial charge on any atom is -0.463 e. The molecule has 2 N–H and O–H groups in total. The van der Waals surface area contributed by atoms with Crippen LogP contribution in [-0.4, -0.2) is 17.5 Å². The Morgan fingerprint density at radius 1 is 1.18 bits per heavy atom. The zero-order chi connectivity index (χ0) is 16.1. The molecule has 114 valence electrons. The number of halogens is 2. The zero-order valence-electron chi connectivity index (χ0n) is 11.4. The number of carbonyl (C=O) groups is 2. The topological polar surface area (TPSA) is 83.7 Å². The lowest BCUT2D eigenvalue weighted by molar-refractivity contribution is -0.136. The average Bonchev–Trinajstić information content (AvgIpc) is 3.02. The van der Waals surface area contributed by atoms with Crippen molar-refractivity contribution in [3.8, 4) is 0 Å². The summed E-state index contributed by atoms with van der Waals surface area (Å²) in [5.74, 6) is -1.37. The van der Waals surface area contributed by atoms with Crippen LogP contribution < -0.4 is 10.7 Å². The summed E-state index contributed by atoms with van der Waals surface area (Å²) in [6.45, 7) is 1.63. The number of carbonyl (C=O) groups excluding carboxylic acids is 2. The number of nitrogens with zero attached hydrogens (tertiary/aromatic N) is 1. The van der Waals surface area contributed by atoms with Crippen LogP contribution in [0.2, 0.25) is 10.0 Å². The summed E-state index contributed by atoms with van der Waals surface area (Å²) in [7, 11) is 0. The van der Waals surface area contributed by atoms with E-state index in [9.17, 15) is 9.59 Å². The molecule has 1 aromatic carbocycles. The van der Waals surface area contributed by atoms with Crippen molar-refractivity contribution in [3.63, 3.8) is 0 Å². The standard InChI is InChI=1S/C14H11Cl2N3O3/c1-8(12-3-2-6-22-12)18-19-14(21)13(20)17-11-7-9(15)4-5-10(11)16/h2-7H,1H3,(H,17,20)(H,19,21). The summed E-state index contributed by atoms with van der Waals surface area (Å²) >= 11 is 11.7. The van der Waals surface area contributed by atoms with Crippen LogP contribution in [0.15, 0.2) is 46.1 Å². The number of anilines is 1. The fourth-order valence-electron chi connectivity index (χ4n) is 1.50. The first-order chi connectivity index (χ1) is 10.5. The predicted molar refractivity (Wildman–Crippen MR) is 84.2 cm³/mol. The molecule has 2 rings (SSSR count). The molecule has 2 aromatic rings. The predicted octanol–water partition coefficient (Wildman–Crippen LogP) is 3.07.